The van der Waals surface area contributed by atoms with Crippen molar-refractivity contribution in [3.05, 3.63) is 17.5 Å². The monoisotopic (exact) mass is 220 g/mol. The molecule has 0 radical (unpaired) electrons. The van der Waals surface area contributed by atoms with Crippen molar-refractivity contribution in [3.8, 4) is 0 Å². The lowest BCUT2D eigenvalue weighted by Gasteiger charge is -2.05. The van der Waals surface area contributed by atoms with Crippen molar-refractivity contribution in [2.24, 2.45) is 0 Å². The van der Waals surface area contributed by atoms with Gasteiger partial charge in [-0.1, -0.05) is 11.6 Å². The zero-order valence-corrected chi connectivity index (χ0v) is 8.80. The molecule has 1 heterocycles. The van der Waals surface area contributed by atoms with Gasteiger partial charge in [0, 0.05) is 6.07 Å². The maximum atomic E-state index is 11.5. The van der Waals surface area contributed by atoms with Crippen LogP contribution in [0.25, 0.3) is 0 Å². The third-order valence-corrected chi connectivity index (χ3v) is 3.77. The molecule has 0 unspecified atom stereocenters. The number of rotatable bonds is 2. The molecule has 6 heteroatoms. The average molecular weight is 221 g/mol. The Morgan fingerprint density at radius 3 is 2.46 bits per heavy atom. The minimum Gasteiger partial charge on any atom is -0.225 e. The minimum atomic E-state index is -3.33. The lowest BCUT2D eigenvalue weighted by Crippen LogP contribution is -2.15. The molecule has 0 N–H and O–H groups in total. The summed E-state index contributed by atoms with van der Waals surface area (Å²) in [6.07, 6.45) is 1.14. The molecule has 0 spiro atoms. The Hall–Kier alpha value is -0.680. The van der Waals surface area contributed by atoms with Crippen molar-refractivity contribution in [1.82, 2.24) is 9.97 Å². The largest absolute Gasteiger partial charge is 0.225 e. The normalized spacial score (nSPS) is 12.0. The van der Waals surface area contributed by atoms with E-state index in [9.17, 15) is 8.42 Å². The predicted octanol–water partition coefficient (Wildman–Crippen LogP) is 1.31. The SMILES string of the molecule is CC(C)S(=O)(=O)c1cc(Cl)ncn1. The minimum absolute atomic E-state index is 0.0255. The van der Waals surface area contributed by atoms with Gasteiger partial charge in [-0.05, 0) is 13.8 Å². The first kappa shape index (κ1) is 10.4. The number of hydrogen-bond donors (Lipinski definition) is 0. The fourth-order valence-electron chi connectivity index (χ4n) is 0.714. The van der Waals surface area contributed by atoms with Gasteiger partial charge in [0.2, 0.25) is 0 Å². The highest BCUT2D eigenvalue weighted by Crippen LogP contribution is 2.14. The zero-order valence-electron chi connectivity index (χ0n) is 7.23. The van der Waals surface area contributed by atoms with Crippen LogP contribution in [-0.2, 0) is 9.84 Å². The van der Waals surface area contributed by atoms with E-state index in [2.05, 4.69) is 9.97 Å². The van der Waals surface area contributed by atoms with E-state index in [0.29, 0.717) is 0 Å². The van der Waals surface area contributed by atoms with Crippen LogP contribution in [-0.4, -0.2) is 23.6 Å². The number of sulfone groups is 1. The molecule has 0 saturated heterocycles. The molecular weight excluding hydrogens is 212 g/mol. The molecule has 0 amide bonds. The summed E-state index contributed by atoms with van der Waals surface area (Å²) in [4.78, 5) is 7.25. The maximum absolute atomic E-state index is 11.5. The molecule has 0 aliphatic carbocycles. The highest BCUT2D eigenvalue weighted by Gasteiger charge is 2.20. The van der Waals surface area contributed by atoms with Gasteiger partial charge in [0.25, 0.3) is 0 Å². The van der Waals surface area contributed by atoms with Crippen LogP contribution in [0.3, 0.4) is 0 Å². The van der Waals surface area contributed by atoms with Crippen LogP contribution in [0.2, 0.25) is 5.15 Å². The molecule has 13 heavy (non-hydrogen) atoms. The van der Waals surface area contributed by atoms with Gasteiger partial charge < -0.3 is 0 Å². The summed E-state index contributed by atoms with van der Waals surface area (Å²) < 4.78 is 23.1. The molecule has 4 nitrogen and oxygen atoms in total. The van der Waals surface area contributed by atoms with Gasteiger partial charge in [0.15, 0.2) is 14.9 Å². The first-order valence-corrected chi connectivity index (χ1v) is 5.58. The van der Waals surface area contributed by atoms with E-state index in [1.54, 1.807) is 13.8 Å². The van der Waals surface area contributed by atoms with Crippen molar-refractivity contribution >= 4 is 21.4 Å². The molecule has 72 valence electrons. The van der Waals surface area contributed by atoms with Crippen LogP contribution in [0.4, 0.5) is 0 Å². The van der Waals surface area contributed by atoms with Gasteiger partial charge in [-0.3, -0.25) is 0 Å². The fraction of sp³-hybridized carbons (Fsp3) is 0.429. The summed E-state index contributed by atoms with van der Waals surface area (Å²) in [5.41, 5.74) is 0. The number of nitrogens with zero attached hydrogens (tertiary/aromatic N) is 2. The maximum Gasteiger partial charge on any atom is 0.198 e. The van der Waals surface area contributed by atoms with Crippen molar-refractivity contribution in [2.75, 3.05) is 0 Å². The van der Waals surface area contributed by atoms with Crippen LogP contribution in [0, 0.1) is 0 Å². The van der Waals surface area contributed by atoms with Crippen molar-refractivity contribution in [2.45, 2.75) is 24.1 Å². The van der Waals surface area contributed by atoms with Gasteiger partial charge in [0.05, 0.1) is 5.25 Å². The Balaban J connectivity index is 3.24. The Bertz CT molecular complexity index is 403. The third kappa shape index (κ3) is 2.16. The molecular formula is C7H9ClN2O2S. The predicted molar refractivity (Wildman–Crippen MR) is 49.4 cm³/mol. The van der Waals surface area contributed by atoms with Crippen LogP contribution < -0.4 is 0 Å². The molecule has 0 bridgehead atoms. The summed E-state index contributed by atoms with van der Waals surface area (Å²) in [5.74, 6) is 0. The lowest BCUT2D eigenvalue weighted by atomic mass is 10.6. The third-order valence-electron chi connectivity index (χ3n) is 1.52. The van der Waals surface area contributed by atoms with Crippen molar-refractivity contribution in [1.29, 1.82) is 0 Å². The molecule has 0 saturated carbocycles. The smallest absolute Gasteiger partial charge is 0.198 e. The number of hydrogen-bond acceptors (Lipinski definition) is 4. The molecule has 0 aromatic carbocycles. The van der Waals surface area contributed by atoms with E-state index in [0.717, 1.165) is 6.33 Å². The second kappa shape index (κ2) is 3.59. The molecule has 1 rings (SSSR count). The van der Waals surface area contributed by atoms with Crippen LogP contribution >= 0.6 is 11.6 Å². The van der Waals surface area contributed by atoms with Crippen molar-refractivity contribution < 1.29 is 8.42 Å². The Morgan fingerprint density at radius 1 is 1.38 bits per heavy atom. The summed E-state index contributed by atoms with van der Waals surface area (Å²) in [7, 11) is -3.33. The highest BCUT2D eigenvalue weighted by atomic mass is 35.5. The first-order valence-electron chi connectivity index (χ1n) is 3.66. The first-order chi connectivity index (χ1) is 5.94. The van der Waals surface area contributed by atoms with E-state index < -0.39 is 15.1 Å². The van der Waals surface area contributed by atoms with Gasteiger partial charge in [-0.15, -0.1) is 0 Å². The Kier molecular flexibility index (Phi) is 2.87. The molecule has 1 aromatic rings. The highest BCUT2D eigenvalue weighted by molar-refractivity contribution is 7.91. The second-order valence-corrected chi connectivity index (χ2v) is 5.61. The quantitative estimate of drug-likeness (QED) is 0.706. The standard InChI is InChI=1S/C7H9ClN2O2S/c1-5(2)13(11,12)7-3-6(8)9-4-10-7/h3-5H,1-2H3. The summed E-state index contributed by atoms with van der Waals surface area (Å²) in [6.45, 7) is 3.18. The molecule has 1 aromatic heterocycles. The van der Waals surface area contributed by atoms with Gasteiger partial charge in [-0.25, -0.2) is 18.4 Å². The van der Waals surface area contributed by atoms with E-state index in [1.807, 2.05) is 0 Å². The van der Waals surface area contributed by atoms with E-state index in [1.165, 1.54) is 6.07 Å². The van der Waals surface area contributed by atoms with Gasteiger partial charge >= 0.3 is 0 Å². The topological polar surface area (TPSA) is 59.9 Å². The second-order valence-electron chi connectivity index (χ2n) is 2.77. The molecule has 0 aliphatic rings. The lowest BCUT2D eigenvalue weighted by molar-refractivity contribution is 0.583. The van der Waals surface area contributed by atoms with Gasteiger partial charge in [-0.2, -0.15) is 0 Å². The van der Waals surface area contributed by atoms with Crippen LogP contribution in [0.1, 0.15) is 13.8 Å². The van der Waals surface area contributed by atoms with E-state index in [4.69, 9.17) is 11.6 Å². The van der Waals surface area contributed by atoms with Gasteiger partial charge in [0.1, 0.15) is 11.5 Å². The van der Waals surface area contributed by atoms with E-state index in [-0.39, 0.29) is 10.2 Å². The number of halogens is 1. The summed E-state index contributed by atoms with van der Waals surface area (Å²) in [6, 6.07) is 1.25. The van der Waals surface area contributed by atoms with Crippen LogP contribution in [0.5, 0.6) is 0 Å². The number of aromatic nitrogens is 2. The van der Waals surface area contributed by atoms with Crippen LogP contribution in [0.15, 0.2) is 17.4 Å². The fourth-order valence-corrected chi connectivity index (χ4v) is 1.88. The average Bonchev–Trinajstić information content (AvgIpc) is 2.04. The Morgan fingerprint density at radius 2 is 2.00 bits per heavy atom. The van der Waals surface area contributed by atoms with Crippen molar-refractivity contribution in [3.63, 3.8) is 0 Å². The summed E-state index contributed by atoms with van der Waals surface area (Å²) in [5, 5.41) is -0.393. The zero-order chi connectivity index (χ0) is 10.1. The molecule has 0 aliphatic heterocycles. The summed E-state index contributed by atoms with van der Waals surface area (Å²) >= 11 is 5.54. The molecule has 0 fully saturated rings. The van der Waals surface area contributed by atoms with E-state index >= 15 is 0 Å². The molecule has 0 atom stereocenters. The Labute approximate surface area is 81.9 Å².